The van der Waals surface area contributed by atoms with E-state index in [0.29, 0.717) is 17.5 Å². The van der Waals surface area contributed by atoms with Crippen LogP contribution in [-0.4, -0.2) is 42.2 Å². The van der Waals surface area contributed by atoms with Gasteiger partial charge in [0.15, 0.2) is 0 Å². The molecule has 1 aliphatic rings. The van der Waals surface area contributed by atoms with Gasteiger partial charge >= 0.3 is 5.97 Å². The molecule has 4 nitrogen and oxygen atoms in total. The molecule has 0 aliphatic carbocycles. The minimum absolute atomic E-state index is 0.367. The first kappa shape index (κ1) is 14.9. The SMILES string of the molecule is Cc1c(NC(C)C2CCN(C)CC2)cccc1C(=O)O. The van der Waals surface area contributed by atoms with E-state index in [1.165, 1.54) is 12.8 Å². The van der Waals surface area contributed by atoms with Crippen molar-refractivity contribution in [1.82, 2.24) is 4.90 Å². The lowest BCUT2D eigenvalue weighted by Gasteiger charge is -2.33. The fourth-order valence-corrected chi connectivity index (χ4v) is 2.92. The molecule has 1 heterocycles. The molecule has 1 fully saturated rings. The van der Waals surface area contributed by atoms with Gasteiger partial charge in [0.05, 0.1) is 5.56 Å². The topological polar surface area (TPSA) is 52.6 Å². The van der Waals surface area contributed by atoms with E-state index < -0.39 is 5.97 Å². The van der Waals surface area contributed by atoms with E-state index in [0.717, 1.165) is 24.3 Å². The van der Waals surface area contributed by atoms with Gasteiger partial charge in [-0.05, 0) is 70.4 Å². The smallest absolute Gasteiger partial charge is 0.336 e. The molecule has 0 radical (unpaired) electrons. The number of rotatable bonds is 4. The zero-order valence-corrected chi connectivity index (χ0v) is 12.5. The number of nitrogens with zero attached hydrogens (tertiary/aromatic N) is 1. The normalized spacial score (nSPS) is 18.8. The highest BCUT2D eigenvalue weighted by Gasteiger charge is 2.22. The van der Waals surface area contributed by atoms with Gasteiger partial charge in [0.2, 0.25) is 0 Å². The molecular weight excluding hydrogens is 252 g/mol. The Labute approximate surface area is 120 Å². The van der Waals surface area contributed by atoms with Crippen molar-refractivity contribution in [2.75, 3.05) is 25.5 Å². The van der Waals surface area contributed by atoms with Crippen LogP contribution in [0, 0.1) is 12.8 Å². The van der Waals surface area contributed by atoms with Crippen molar-refractivity contribution in [2.24, 2.45) is 5.92 Å². The molecule has 1 saturated heterocycles. The van der Waals surface area contributed by atoms with Gasteiger partial charge in [-0.2, -0.15) is 0 Å². The predicted octanol–water partition coefficient (Wildman–Crippen LogP) is 2.84. The quantitative estimate of drug-likeness (QED) is 0.888. The number of benzene rings is 1. The second-order valence-electron chi connectivity index (χ2n) is 5.86. The fraction of sp³-hybridized carbons (Fsp3) is 0.562. The summed E-state index contributed by atoms with van der Waals surface area (Å²) in [5.74, 6) is -0.211. The molecule has 1 aromatic carbocycles. The molecule has 2 N–H and O–H groups in total. The van der Waals surface area contributed by atoms with Crippen LogP contribution in [0.1, 0.15) is 35.7 Å². The number of carboxylic acid groups (broad SMARTS) is 1. The van der Waals surface area contributed by atoms with Crippen molar-refractivity contribution in [3.63, 3.8) is 0 Å². The molecule has 1 aromatic rings. The summed E-state index contributed by atoms with van der Waals surface area (Å²) < 4.78 is 0. The number of anilines is 1. The highest BCUT2D eigenvalue weighted by molar-refractivity contribution is 5.91. The van der Waals surface area contributed by atoms with Crippen molar-refractivity contribution in [2.45, 2.75) is 32.7 Å². The maximum Gasteiger partial charge on any atom is 0.336 e. The summed E-state index contributed by atoms with van der Waals surface area (Å²) in [4.78, 5) is 13.5. The van der Waals surface area contributed by atoms with E-state index in [2.05, 4.69) is 24.2 Å². The fourth-order valence-electron chi connectivity index (χ4n) is 2.92. The van der Waals surface area contributed by atoms with Crippen LogP contribution in [0.25, 0.3) is 0 Å². The van der Waals surface area contributed by atoms with E-state index in [9.17, 15) is 4.79 Å². The van der Waals surface area contributed by atoms with Crippen molar-refractivity contribution < 1.29 is 9.90 Å². The number of carbonyl (C=O) groups is 1. The number of carboxylic acids is 1. The van der Waals surface area contributed by atoms with Gasteiger partial charge in [0.25, 0.3) is 0 Å². The standard InChI is InChI=1S/C16H24N2O2/c1-11-14(16(19)20)5-4-6-15(11)17-12(2)13-7-9-18(3)10-8-13/h4-6,12-13,17H,7-10H2,1-3H3,(H,19,20). The molecule has 0 amide bonds. The summed E-state index contributed by atoms with van der Waals surface area (Å²) in [7, 11) is 2.16. The van der Waals surface area contributed by atoms with Gasteiger partial charge in [-0.1, -0.05) is 6.07 Å². The van der Waals surface area contributed by atoms with Crippen LogP contribution in [0.2, 0.25) is 0 Å². The molecule has 0 aromatic heterocycles. The molecule has 1 aliphatic heterocycles. The monoisotopic (exact) mass is 276 g/mol. The first-order chi connectivity index (χ1) is 9.49. The number of hydrogen-bond acceptors (Lipinski definition) is 3. The minimum Gasteiger partial charge on any atom is -0.478 e. The van der Waals surface area contributed by atoms with E-state index >= 15 is 0 Å². The van der Waals surface area contributed by atoms with Crippen LogP contribution in [0.15, 0.2) is 18.2 Å². The zero-order chi connectivity index (χ0) is 14.7. The van der Waals surface area contributed by atoms with Gasteiger partial charge in [0, 0.05) is 11.7 Å². The van der Waals surface area contributed by atoms with Gasteiger partial charge in [-0.25, -0.2) is 4.79 Å². The predicted molar refractivity (Wildman–Crippen MR) is 81.4 cm³/mol. The zero-order valence-electron chi connectivity index (χ0n) is 12.5. The molecule has 4 heteroatoms. The largest absolute Gasteiger partial charge is 0.478 e. The summed E-state index contributed by atoms with van der Waals surface area (Å²) >= 11 is 0. The summed E-state index contributed by atoms with van der Waals surface area (Å²) in [6.07, 6.45) is 2.39. The van der Waals surface area contributed by atoms with Crippen molar-refractivity contribution in [3.05, 3.63) is 29.3 Å². The molecule has 2 rings (SSSR count). The number of aromatic carboxylic acids is 1. The Hall–Kier alpha value is -1.55. The highest BCUT2D eigenvalue weighted by atomic mass is 16.4. The Bertz CT molecular complexity index is 479. The molecule has 20 heavy (non-hydrogen) atoms. The van der Waals surface area contributed by atoms with Crippen LogP contribution in [-0.2, 0) is 0 Å². The van der Waals surface area contributed by atoms with Crippen LogP contribution < -0.4 is 5.32 Å². The van der Waals surface area contributed by atoms with Gasteiger partial charge < -0.3 is 15.3 Å². The van der Waals surface area contributed by atoms with Gasteiger partial charge in [-0.15, -0.1) is 0 Å². The minimum atomic E-state index is -0.863. The van der Waals surface area contributed by atoms with E-state index in [-0.39, 0.29) is 0 Å². The Morgan fingerprint density at radius 1 is 1.40 bits per heavy atom. The number of nitrogens with one attached hydrogen (secondary N) is 1. The summed E-state index contributed by atoms with van der Waals surface area (Å²) in [5, 5.41) is 12.7. The van der Waals surface area contributed by atoms with Crippen molar-refractivity contribution in [1.29, 1.82) is 0 Å². The first-order valence-corrected chi connectivity index (χ1v) is 7.27. The maximum absolute atomic E-state index is 11.2. The van der Waals surface area contributed by atoms with Gasteiger partial charge in [0.1, 0.15) is 0 Å². The molecule has 0 spiro atoms. The molecule has 0 saturated carbocycles. The molecule has 0 bridgehead atoms. The van der Waals surface area contributed by atoms with Crippen LogP contribution in [0.4, 0.5) is 5.69 Å². The second kappa shape index (κ2) is 6.27. The molecule has 1 unspecified atom stereocenters. The number of hydrogen-bond donors (Lipinski definition) is 2. The van der Waals surface area contributed by atoms with Gasteiger partial charge in [-0.3, -0.25) is 0 Å². The Morgan fingerprint density at radius 3 is 2.65 bits per heavy atom. The highest BCUT2D eigenvalue weighted by Crippen LogP contribution is 2.25. The third-order valence-corrected chi connectivity index (χ3v) is 4.42. The summed E-state index contributed by atoms with van der Waals surface area (Å²) in [6, 6.07) is 5.79. The number of piperidine rings is 1. The average molecular weight is 276 g/mol. The molecule has 1 atom stereocenters. The first-order valence-electron chi connectivity index (χ1n) is 7.27. The lowest BCUT2D eigenvalue weighted by atomic mass is 9.90. The Kier molecular flexibility index (Phi) is 4.65. The van der Waals surface area contributed by atoms with Crippen LogP contribution in [0.3, 0.4) is 0 Å². The van der Waals surface area contributed by atoms with E-state index in [1.807, 2.05) is 13.0 Å². The third kappa shape index (κ3) is 3.31. The van der Waals surface area contributed by atoms with Crippen LogP contribution >= 0.6 is 0 Å². The lowest BCUT2D eigenvalue weighted by molar-refractivity contribution is 0.0696. The number of likely N-dealkylation sites (tertiary alicyclic amines) is 1. The molecular formula is C16H24N2O2. The Balaban J connectivity index is 2.06. The van der Waals surface area contributed by atoms with Crippen molar-refractivity contribution in [3.8, 4) is 0 Å². The van der Waals surface area contributed by atoms with E-state index in [1.54, 1.807) is 12.1 Å². The van der Waals surface area contributed by atoms with Crippen LogP contribution in [0.5, 0.6) is 0 Å². The lowest BCUT2D eigenvalue weighted by Crippen LogP contribution is -2.37. The maximum atomic E-state index is 11.2. The average Bonchev–Trinajstić information content (AvgIpc) is 2.41. The van der Waals surface area contributed by atoms with Crippen molar-refractivity contribution >= 4 is 11.7 Å². The Morgan fingerprint density at radius 2 is 2.05 bits per heavy atom. The van der Waals surface area contributed by atoms with E-state index in [4.69, 9.17) is 5.11 Å². The molecule has 110 valence electrons. The summed E-state index contributed by atoms with van der Waals surface area (Å²) in [5.41, 5.74) is 2.14. The third-order valence-electron chi connectivity index (χ3n) is 4.42. The summed E-state index contributed by atoms with van der Waals surface area (Å²) in [6.45, 7) is 6.35. The second-order valence-corrected chi connectivity index (χ2v) is 5.86.